The van der Waals surface area contributed by atoms with Crippen molar-refractivity contribution in [1.82, 2.24) is 14.7 Å². The van der Waals surface area contributed by atoms with Crippen molar-refractivity contribution in [3.8, 4) is 0 Å². The first-order valence-electron chi connectivity index (χ1n) is 7.81. The molecule has 7 heteroatoms. The molecular weight excluding hydrogens is 286 g/mol. The number of hydrogen-bond donors (Lipinski definition) is 0. The molecule has 0 aromatic rings. The van der Waals surface area contributed by atoms with Gasteiger partial charge in [0.1, 0.15) is 6.54 Å². The number of methoxy groups -OCH3 is 1. The van der Waals surface area contributed by atoms with Crippen molar-refractivity contribution in [3.05, 3.63) is 0 Å². The summed E-state index contributed by atoms with van der Waals surface area (Å²) < 4.78 is 4.63. The molecule has 0 aliphatic carbocycles. The molecule has 1 atom stereocenters. The third kappa shape index (κ3) is 3.58. The second-order valence-electron chi connectivity index (χ2n) is 5.99. The highest BCUT2D eigenvalue weighted by molar-refractivity contribution is 5.86. The fourth-order valence-electron chi connectivity index (χ4n) is 3.33. The fraction of sp³-hybridized carbons (Fsp3) is 0.800. The summed E-state index contributed by atoms with van der Waals surface area (Å²) in [6.07, 6.45) is 1.79. The van der Waals surface area contributed by atoms with Gasteiger partial charge in [-0.15, -0.1) is 0 Å². The Labute approximate surface area is 131 Å². The summed E-state index contributed by atoms with van der Waals surface area (Å²) in [5.41, 5.74) is 0. The molecule has 0 aromatic heterocycles. The Hall–Kier alpha value is -1.63. The molecular formula is C15H25N3O4. The lowest BCUT2D eigenvalue weighted by atomic mass is 9.99. The fourth-order valence-corrected chi connectivity index (χ4v) is 3.33. The zero-order valence-electron chi connectivity index (χ0n) is 13.6. The maximum absolute atomic E-state index is 12.4. The molecule has 0 N–H and O–H groups in total. The van der Waals surface area contributed by atoms with Gasteiger partial charge in [0.05, 0.1) is 13.2 Å². The first-order chi connectivity index (χ1) is 10.4. The van der Waals surface area contributed by atoms with Gasteiger partial charge in [0, 0.05) is 39.1 Å². The van der Waals surface area contributed by atoms with Crippen LogP contribution in [0.1, 0.15) is 26.7 Å². The number of hydrogen-bond acceptors (Lipinski definition) is 5. The number of rotatable bonds is 3. The third-order valence-corrected chi connectivity index (χ3v) is 4.72. The molecule has 2 amide bonds. The Morgan fingerprint density at radius 2 is 1.82 bits per heavy atom. The Kier molecular flexibility index (Phi) is 5.39. The number of ether oxygens (including phenoxy) is 1. The molecule has 0 radical (unpaired) electrons. The normalized spacial score (nSPS) is 24.5. The number of piperidine rings is 1. The lowest BCUT2D eigenvalue weighted by molar-refractivity contribution is -0.153. The maximum atomic E-state index is 12.4. The van der Waals surface area contributed by atoms with E-state index in [2.05, 4.69) is 9.64 Å². The van der Waals surface area contributed by atoms with Crippen molar-refractivity contribution >= 4 is 17.8 Å². The maximum Gasteiger partial charge on any atom is 0.325 e. The molecule has 2 fully saturated rings. The van der Waals surface area contributed by atoms with Crippen LogP contribution in [-0.2, 0) is 19.1 Å². The predicted octanol–water partition coefficient (Wildman–Crippen LogP) is -0.297. The van der Waals surface area contributed by atoms with Crippen LogP contribution in [0.5, 0.6) is 0 Å². The minimum atomic E-state index is -0.385. The van der Waals surface area contributed by atoms with Gasteiger partial charge < -0.3 is 14.5 Å². The molecule has 0 saturated carbocycles. The average molecular weight is 311 g/mol. The summed E-state index contributed by atoms with van der Waals surface area (Å²) in [7, 11) is 1.33. The van der Waals surface area contributed by atoms with Gasteiger partial charge in [-0.2, -0.15) is 0 Å². The van der Waals surface area contributed by atoms with E-state index in [0.29, 0.717) is 12.6 Å². The lowest BCUT2D eigenvalue weighted by Crippen LogP contribution is -2.61. The summed E-state index contributed by atoms with van der Waals surface area (Å²) in [4.78, 5) is 40.8. The number of amides is 2. The molecule has 22 heavy (non-hydrogen) atoms. The predicted molar refractivity (Wildman–Crippen MR) is 80.0 cm³/mol. The van der Waals surface area contributed by atoms with E-state index in [1.807, 2.05) is 11.8 Å². The SMILES string of the molecule is COC(=O)CN1CCN(C2CCN(C(C)=O)CC2)[C@H](C)C1=O. The van der Waals surface area contributed by atoms with Gasteiger partial charge in [0.15, 0.2) is 0 Å². The number of esters is 1. The zero-order valence-corrected chi connectivity index (χ0v) is 13.6. The Bertz CT molecular complexity index is 446. The van der Waals surface area contributed by atoms with Crippen LogP contribution in [0.25, 0.3) is 0 Å². The van der Waals surface area contributed by atoms with E-state index < -0.39 is 0 Å². The highest BCUT2D eigenvalue weighted by Crippen LogP contribution is 2.22. The van der Waals surface area contributed by atoms with E-state index >= 15 is 0 Å². The van der Waals surface area contributed by atoms with Crippen LogP contribution < -0.4 is 0 Å². The van der Waals surface area contributed by atoms with Crippen molar-refractivity contribution in [2.24, 2.45) is 0 Å². The largest absolute Gasteiger partial charge is 0.468 e. The number of nitrogens with zero attached hydrogens (tertiary/aromatic N) is 3. The average Bonchev–Trinajstić information content (AvgIpc) is 2.52. The molecule has 2 heterocycles. The van der Waals surface area contributed by atoms with Gasteiger partial charge in [0.2, 0.25) is 11.8 Å². The summed E-state index contributed by atoms with van der Waals surface area (Å²) in [6, 6.07) is 0.0992. The minimum Gasteiger partial charge on any atom is -0.468 e. The molecule has 0 aromatic carbocycles. The molecule has 124 valence electrons. The summed E-state index contributed by atoms with van der Waals surface area (Å²) in [5, 5.41) is 0. The first-order valence-corrected chi connectivity index (χ1v) is 7.81. The Morgan fingerprint density at radius 3 is 2.36 bits per heavy atom. The van der Waals surface area contributed by atoms with Gasteiger partial charge in [-0.3, -0.25) is 19.3 Å². The topological polar surface area (TPSA) is 70.2 Å². The van der Waals surface area contributed by atoms with Crippen molar-refractivity contribution in [2.45, 2.75) is 38.8 Å². The molecule has 2 saturated heterocycles. The number of piperazine rings is 1. The zero-order chi connectivity index (χ0) is 16.3. The molecule has 2 rings (SSSR count). The standard InChI is InChI=1S/C15H25N3O4/c1-11-15(21)17(10-14(20)22-3)8-9-18(11)13-4-6-16(7-5-13)12(2)19/h11,13H,4-10H2,1-3H3/t11-/m1/s1. The number of likely N-dealkylation sites (tertiary alicyclic amines) is 1. The van der Waals surface area contributed by atoms with Crippen LogP contribution >= 0.6 is 0 Å². The summed E-state index contributed by atoms with van der Waals surface area (Å²) in [6.45, 7) is 6.32. The second kappa shape index (κ2) is 7.09. The van der Waals surface area contributed by atoms with Crippen LogP contribution in [0.3, 0.4) is 0 Å². The minimum absolute atomic E-state index is 0.0225. The van der Waals surface area contributed by atoms with E-state index in [9.17, 15) is 14.4 Å². The van der Waals surface area contributed by atoms with Gasteiger partial charge in [-0.1, -0.05) is 0 Å². The van der Waals surface area contributed by atoms with E-state index in [0.717, 1.165) is 32.5 Å². The van der Waals surface area contributed by atoms with E-state index in [-0.39, 0.29) is 30.4 Å². The van der Waals surface area contributed by atoms with Gasteiger partial charge in [-0.25, -0.2) is 0 Å². The van der Waals surface area contributed by atoms with E-state index in [1.54, 1.807) is 11.8 Å². The van der Waals surface area contributed by atoms with Gasteiger partial charge in [0.25, 0.3) is 0 Å². The van der Waals surface area contributed by atoms with Gasteiger partial charge in [-0.05, 0) is 19.8 Å². The summed E-state index contributed by atoms with van der Waals surface area (Å²) in [5.74, 6) is -0.292. The molecule has 0 bridgehead atoms. The molecule has 7 nitrogen and oxygen atoms in total. The molecule has 0 unspecified atom stereocenters. The Balaban J connectivity index is 1.91. The van der Waals surface area contributed by atoms with Crippen molar-refractivity contribution in [2.75, 3.05) is 39.8 Å². The molecule has 2 aliphatic heterocycles. The monoisotopic (exact) mass is 311 g/mol. The first kappa shape index (κ1) is 16.7. The smallest absolute Gasteiger partial charge is 0.325 e. The number of carbonyl (C=O) groups excluding carboxylic acids is 3. The highest BCUT2D eigenvalue weighted by atomic mass is 16.5. The van der Waals surface area contributed by atoms with Crippen LogP contribution in [0.15, 0.2) is 0 Å². The highest BCUT2D eigenvalue weighted by Gasteiger charge is 2.37. The second-order valence-corrected chi connectivity index (χ2v) is 5.99. The molecule has 2 aliphatic rings. The van der Waals surface area contributed by atoms with Gasteiger partial charge >= 0.3 is 5.97 Å². The van der Waals surface area contributed by atoms with Crippen LogP contribution in [0.2, 0.25) is 0 Å². The Morgan fingerprint density at radius 1 is 1.18 bits per heavy atom. The number of carbonyl (C=O) groups is 3. The van der Waals surface area contributed by atoms with Crippen molar-refractivity contribution in [3.63, 3.8) is 0 Å². The van der Waals surface area contributed by atoms with Crippen molar-refractivity contribution < 1.29 is 19.1 Å². The summed E-state index contributed by atoms with van der Waals surface area (Å²) >= 11 is 0. The van der Waals surface area contributed by atoms with Crippen LogP contribution in [-0.4, -0.2) is 84.4 Å². The molecule has 0 spiro atoms. The third-order valence-electron chi connectivity index (χ3n) is 4.72. The van der Waals surface area contributed by atoms with E-state index in [4.69, 9.17) is 0 Å². The lowest BCUT2D eigenvalue weighted by Gasteiger charge is -2.45. The van der Waals surface area contributed by atoms with Crippen LogP contribution in [0.4, 0.5) is 0 Å². The van der Waals surface area contributed by atoms with E-state index in [1.165, 1.54) is 7.11 Å². The van der Waals surface area contributed by atoms with Crippen molar-refractivity contribution in [1.29, 1.82) is 0 Å². The quantitative estimate of drug-likeness (QED) is 0.670. The van der Waals surface area contributed by atoms with Crippen LogP contribution in [0, 0.1) is 0 Å².